The minimum absolute atomic E-state index is 0.0652. The molecule has 5 nitrogen and oxygen atoms in total. The fraction of sp³-hybridized carbons (Fsp3) is 0.444. The number of hydrogen-bond donors (Lipinski definition) is 0. The van der Waals surface area contributed by atoms with Crippen molar-refractivity contribution in [1.82, 2.24) is 0 Å². The molecule has 0 fully saturated rings. The van der Waals surface area contributed by atoms with E-state index in [1.807, 2.05) is 44.7 Å². The van der Waals surface area contributed by atoms with Gasteiger partial charge in [0.15, 0.2) is 5.78 Å². The number of carbonyl (C=O) groups is 2. The lowest BCUT2D eigenvalue weighted by molar-refractivity contribution is -0.116. The normalized spacial score (nSPS) is 11.8. The molecule has 0 aliphatic carbocycles. The minimum atomic E-state index is -2.83. The van der Waals surface area contributed by atoms with E-state index >= 15 is 0 Å². The first kappa shape index (κ1) is 20.4. The monoisotopic (exact) mass is 350 g/mol. The quantitative estimate of drug-likeness (QED) is 0.347. The first-order valence-electron chi connectivity index (χ1n) is 8.20. The highest BCUT2D eigenvalue weighted by Gasteiger charge is 2.37. The van der Waals surface area contributed by atoms with Gasteiger partial charge in [0.25, 0.3) is 0 Å². The lowest BCUT2D eigenvalue weighted by Crippen LogP contribution is -2.44. The summed E-state index contributed by atoms with van der Waals surface area (Å²) in [5, 5.41) is 0. The summed E-state index contributed by atoms with van der Waals surface area (Å²) in [6, 6.07) is 7.09. The Kier molecular flexibility index (Phi) is 8.77. The van der Waals surface area contributed by atoms with Gasteiger partial charge in [0.2, 0.25) is 0 Å². The third kappa shape index (κ3) is 6.49. The van der Waals surface area contributed by atoms with Gasteiger partial charge in [0.05, 0.1) is 6.42 Å². The highest BCUT2D eigenvalue weighted by Crippen LogP contribution is 2.15. The number of hydrogen-bond acceptors (Lipinski definition) is 5. The molecule has 0 spiro atoms. The number of rotatable bonds is 11. The lowest BCUT2D eigenvalue weighted by atomic mass is 10.0. The smallest absolute Gasteiger partial charge is 0.371 e. The van der Waals surface area contributed by atoms with Gasteiger partial charge < -0.3 is 13.3 Å². The van der Waals surface area contributed by atoms with Crippen LogP contribution in [-0.2, 0) is 18.1 Å². The molecule has 0 saturated heterocycles. The van der Waals surface area contributed by atoms with Crippen molar-refractivity contribution in [3.63, 3.8) is 0 Å². The summed E-state index contributed by atoms with van der Waals surface area (Å²) in [5.74, 6) is -0.301. The Morgan fingerprint density at radius 3 is 1.88 bits per heavy atom. The molecule has 0 aromatic heterocycles. The molecule has 1 aromatic carbocycles. The van der Waals surface area contributed by atoms with E-state index in [0.717, 1.165) is 5.56 Å². The van der Waals surface area contributed by atoms with Crippen molar-refractivity contribution < 1.29 is 22.9 Å². The fourth-order valence-corrected chi connectivity index (χ4v) is 4.32. The Bertz CT molecular complexity index is 548. The van der Waals surface area contributed by atoms with Gasteiger partial charge in [0.1, 0.15) is 5.78 Å². The van der Waals surface area contributed by atoms with Crippen LogP contribution in [0, 0.1) is 0 Å². The third-order valence-electron chi connectivity index (χ3n) is 3.16. The Balaban J connectivity index is 2.90. The molecule has 0 amide bonds. The molecular weight excluding hydrogens is 324 g/mol. The Morgan fingerprint density at radius 1 is 0.958 bits per heavy atom. The second-order valence-corrected chi connectivity index (χ2v) is 7.57. The summed E-state index contributed by atoms with van der Waals surface area (Å²) in [6.45, 7) is 8.66. The van der Waals surface area contributed by atoms with Crippen LogP contribution in [0.1, 0.15) is 50.0 Å². The van der Waals surface area contributed by atoms with Crippen LogP contribution in [0.5, 0.6) is 0 Å². The van der Waals surface area contributed by atoms with E-state index in [1.165, 1.54) is 6.92 Å². The number of benzene rings is 1. The third-order valence-corrected chi connectivity index (χ3v) is 5.81. The maximum absolute atomic E-state index is 11.8. The first-order valence-corrected chi connectivity index (χ1v) is 10.00. The number of ketones is 2. The van der Waals surface area contributed by atoms with Crippen LogP contribution in [0.4, 0.5) is 0 Å². The lowest BCUT2D eigenvalue weighted by Gasteiger charge is -2.25. The Morgan fingerprint density at radius 2 is 1.46 bits per heavy atom. The van der Waals surface area contributed by atoms with Gasteiger partial charge in [-0.05, 0) is 39.0 Å². The van der Waals surface area contributed by atoms with Gasteiger partial charge in [-0.1, -0.05) is 30.3 Å². The molecule has 0 unspecified atom stereocenters. The van der Waals surface area contributed by atoms with Crippen molar-refractivity contribution in [3.05, 3.63) is 41.1 Å². The number of carbonyl (C=O) groups excluding carboxylic acids is 2. The van der Waals surface area contributed by atoms with Crippen LogP contribution >= 0.6 is 0 Å². The summed E-state index contributed by atoms with van der Waals surface area (Å²) < 4.78 is 17.3. The Hall–Kier alpha value is -1.60. The zero-order chi connectivity index (χ0) is 18.0. The van der Waals surface area contributed by atoms with E-state index < -0.39 is 8.80 Å². The predicted octanol–water partition coefficient (Wildman–Crippen LogP) is 3.45. The van der Waals surface area contributed by atoms with Crippen LogP contribution in [-0.4, -0.2) is 40.2 Å². The molecular formula is C18H26O5Si. The van der Waals surface area contributed by atoms with E-state index in [2.05, 4.69) is 0 Å². The molecule has 0 heterocycles. The highest BCUT2D eigenvalue weighted by atomic mass is 28.4. The second-order valence-electron chi connectivity index (χ2n) is 5.16. The van der Waals surface area contributed by atoms with Crippen molar-refractivity contribution in [2.75, 3.05) is 19.8 Å². The largest absolute Gasteiger partial charge is 0.529 e. The maximum atomic E-state index is 11.8. The molecule has 0 aliphatic rings. The molecule has 1 rings (SSSR count). The molecule has 1 aromatic rings. The zero-order valence-corrected chi connectivity index (χ0v) is 15.8. The molecule has 0 bridgehead atoms. The van der Waals surface area contributed by atoms with Crippen LogP contribution in [0.2, 0.25) is 0 Å². The SMILES string of the molecule is CCO[Si](/C=C/c1ccc(C(=O)CC(C)=O)cc1)(OCC)OCC. The second kappa shape index (κ2) is 10.3. The molecule has 24 heavy (non-hydrogen) atoms. The average molecular weight is 350 g/mol. The van der Waals surface area contributed by atoms with Gasteiger partial charge in [0, 0.05) is 25.4 Å². The molecule has 0 saturated carbocycles. The number of Topliss-reactive ketones (excluding diaryl/α,β-unsaturated/α-hetero) is 2. The van der Waals surface area contributed by atoms with Crippen LogP contribution in [0.25, 0.3) is 6.08 Å². The predicted molar refractivity (Wildman–Crippen MR) is 95.7 cm³/mol. The molecule has 0 N–H and O–H groups in total. The average Bonchev–Trinajstić information content (AvgIpc) is 2.53. The molecule has 0 atom stereocenters. The summed E-state index contributed by atoms with van der Waals surface area (Å²) >= 11 is 0. The Labute approximate surface area is 145 Å². The maximum Gasteiger partial charge on any atom is 0.529 e. The molecule has 0 radical (unpaired) electrons. The van der Waals surface area contributed by atoms with Crippen molar-refractivity contribution >= 4 is 26.4 Å². The first-order chi connectivity index (χ1) is 11.5. The van der Waals surface area contributed by atoms with E-state index in [0.29, 0.717) is 25.4 Å². The van der Waals surface area contributed by atoms with Crippen molar-refractivity contribution in [1.29, 1.82) is 0 Å². The van der Waals surface area contributed by atoms with Gasteiger partial charge in [-0.25, -0.2) is 0 Å². The fourth-order valence-electron chi connectivity index (χ4n) is 2.18. The van der Waals surface area contributed by atoms with Crippen molar-refractivity contribution in [2.24, 2.45) is 0 Å². The van der Waals surface area contributed by atoms with Gasteiger partial charge >= 0.3 is 8.80 Å². The summed E-state index contributed by atoms with van der Waals surface area (Å²) in [5.41, 5.74) is 3.30. The van der Waals surface area contributed by atoms with E-state index in [9.17, 15) is 9.59 Å². The van der Waals surface area contributed by atoms with Crippen LogP contribution < -0.4 is 0 Å². The summed E-state index contributed by atoms with van der Waals surface area (Å²) in [4.78, 5) is 22.9. The van der Waals surface area contributed by atoms with E-state index in [1.54, 1.807) is 12.1 Å². The van der Waals surface area contributed by atoms with Gasteiger partial charge in [-0.2, -0.15) is 0 Å². The molecule has 132 valence electrons. The standard InChI is InChI=1S/C18H26O5Si/c1-5-21-24(22-6-2,23-7-3)13-12-16-8-10-17(11-9-16)18(20)14-15(4)19/h8-13H,5-7,14H2,1-4H3/b13-12+. The minimum Gasteiger partial charge on any atom is -0.371 e. The summed E-state index contributed by atoms with van der Waals surface area (Å²) in [6.07, 6.45) is 1.82. The molecule has 0 aliphatic heterocycles. The zero-order valence-electron chi connectivity index (χ0n) is 14.8. The van der Waals surface area contributed by atoms with Crippen LogP contribution in [0.3, 0.4) is 0 Å². The molecule has 6 heteroatoms. The van der Waals surface area contributed by atoms with Crippen molar-refractivity contribution in [3.8, 4) is 0 Å². The van der Waals surface area contributed by atoms with E-state index in [-0.39, 0.29) is 18.0 Å². The van der Waals surface area contributed by atoms with Crippen molar-refractivity contribution in [2.45, 2.75) is 34.1 Å². The van der Waals surface area contributed by atoms with Gasteiger partial charge in [-0.15, -0.1) is 0 Å². The van der Waals surface area contributed by atoms with Gasteiger partial charge in [-0.3, -0.25) is 9.59 Å². The van der Waals surface area contributed by atoms with Crippen LogP contribution in [0.15, 0.2) is 30.0 Å². The summed E-state index contributed by atoms with van der Waals surface area (Å²) in [7, 11) is -2.83. The highest BCUT2D eigenvalue weighted by molar-refractivity contribution is 6.67. The topological polar surface area (TPSA) is 61.8 Å². The van der Waals surface area contributed by atoms with E-state index in [4.69, 9.17) is 13.3 Å².